The molecule has 0 spiro atoms. The largest absolute Gasteiger partial charge is 0.241 e. The molecule has 3 heteroatoms. The van der Waals surface area contributed by atoms with E-state index in [1.165, 1.54) is 12.1 Å². The zero-order valence-electron chi connectivity index (χ0n) is 5.42. The maximum Gasteiger partial charge on any atom is 0.0591 e. The van der Waals surface area contributed by atoms with Gasteiger partial charge in [0, 0.05) is 12.3 Å². The van der Waals surface area contributed by atoms with Crippen molar-refractivity contribution in [3.63, 3.8) is 0 Å². The van der Waals surface area contributed by atoms with Crippen molar-refractivity contribution >= 4 is 17.8 Å². The van der Waals surface area contributed by atoms with Crippen LogP contribution in [0.25, 0.3) is 0 Å². The molecule has 9 heavy (non-hydrogen) atoms. The summed E-state index contributed by atoms with van der Waals surface area (Å²) in [5.74, 6) is 0. The molecule has 0 aromatic heterocycles. The second-order valence-electron chi connectivity index (χ2n) is 1.78. The highest BCUT2D eigenvalue weighted by molar-refractivity contribution is 7.96. The van der Waals surface area contributed by atoms with Crippen LogP contribution in [0.2, 0.25) is 0 Å². The highest BCUT2D eigenvalue weighted by atomic mass is 32.2. The van der Waals surface area contributed by atoms with E-state index in [0.29, 0.717) is 0 Å². The average Bonchev–Trinajstić information content (AvgIpc) is 2.13. The molecule has 50 valence electrons. The van der Waals surface area contributed by atoms with E-state index in [9.17, 15) is 0 Å². The first-order valence-electron chi connectivity index (χ1n) is 3.05. The smallest absolute Gasteiger partial charge is 0.0591 e. The fourth-order valence-corrected chi connectivity index (χ4v) is 1.13. The summed E-state index contributed by atoms with van der Waals surface area (Å²) in [5, 5.41) is 0. The molecule has 0 saturated carbocycles. The summed E-state index contributed by atoms with van der Waals surface area (Å²) >= 11 is 1.42. The second-order valence-corrected chi connectivity index (χ2v) is 2.43. The Balaban J connectivity index is 2.53. The van der Waals surface area contributed by atoms with Crippen LogP contribution in [0.3, 0.4) is 0 Å². The standard InChI is InChI=1S/C6H10N2S/c1-2-6-4-3-5-7-9-8-6/h3-4,7H,2,5H2,1H3. The van der Waals surface area contributed by atoms with Crippen molar-refractivity contribution < 1.29 is 0 Å². The lowest BCUT2D eigenvalue weighted by atomic mass is 10.3. The molecule has 1 aliphatic rings. The predicted molar refractivity (Wildman–Crippen MR) is 42.5 cm³/mol. The van der Waals surface area contributed by atoms with Crippen molar-refractivity contribution in [1.82, 2.24) is 4.72 Å². The maximum atomic E-state index is 4.18. The van der Waals surface area contributed by atoms with Gasteiger partial charge in [-0.15, -0.1) is 0 Å². The first-order valence-corrected chi connectivity index (χ1v) is 3.83. The third-order valence-corrected chi connectivity index (χ3v) is 1.72. The minimum atomic E-state index is 0.914. The monoisotopic (exact) mass is 142 g/mol. The zero-order chi connectivity index (χ0) is 6.53. The van der Waals surface area contributed by atoms with Gasteiger partial charge < -0.3 is 0 Å². The normalized spacial score (nSPS) is 19.0. The lowest BCUT2D eigenvalue weighted by Gasteiger charge is -1.89. The van der Waals surface area contributed by atoms with Gasteiger partial charge in [0.05, 0.1) is 12.1 Å². The molecule has 0 aromatic carbocycles. The number of allylic oxidation sites excluding steroid dienone is 1. The SMILES string of the molecule is CCC1=NSNCC=C1. The third-order valence-electron chi connectivity index (χ3n) is 1.10. The minimum absolute atomic E-state index is 0.914. The molecule has 0 aliphatic carbocycles. The Bertz CT molecular complexity index is 140. The number of rotatable bonds is 1. The molecule has 0 unspecified atom stereocenters. The number of hydrogen-bond acceptors (Lipinski definition) is 3. The van der Waals surface area contributed by atoms with Crippen LogP contribution < -0.4 is 4.72 Å². The van der Waals surface area contributed by atoms with Crippen molar-refractivity contribution in [3.05, 3.63) is 12.2 Å². The summed E-state index contributed by atoms with van der Waals surface area (Å²) in [6, 6.07) is 0. The lowest BCUT2D eigenvalue weighted by Crippen LogP contribution is -1.98. The minimum Gasteiger partial charge on any atom is -0.241 e. The van der Waals surface area contributed by atoms with Crippen LogP contribution in [0.5, 0.6) is 0 Å². The molecule has 1 N–H and O–H groups in total. The molecule has 0 atom stereocenters. The lowest BCUT2D eigenvalue weighted by molar-refractivity contribution is 1.13. The van der Waals surface area contributed by atoms with Gasteiger partial charge in [-0.3, -0.25) is 0 Å². The van der Waals surface area contributed by atoms with Gasteiger partial charge in [0.1, 0.15) is 0 Å². The van der Waals surface area contributed by atoms with E-state index >= 15 is 0 Å². The van der Waals surface area contributed by atoms with E-state index in [4.69, 9.17) is 0 Å². The summed E-state index contributed by atoms with van der Waals surface area (Å²) in [6.07, 6.45) is 5.17. The van der Waals surface area contributed by atoms with E-state index in [2.05, 4.69) is 28.2 Å². The van der Waals surface area contributed by atoms with Gasteiger partial charge >= 0.3 is 0 Å². The molecule has 0 amide bonds. The fourth-order valence-electron chi connectivity index (χ4n) is 0.584. The molecule has 2 nitrogen and oxygen atoms in total. The van der Waals surface area contributed by atoms with Crippen LogP contribution in [0.15, 0.2) is 16.5 Å². The van der Waals surface area contributed by atoms with Gasteiger partial charge in [0.25, 0.3) is 0 Å². The van der Waals surface area contributed by atoms with E-state index in [1.54, 1.807) is 0 Å². The second kappa shape index (κ2) is 3.69. The Labute approximate surface area is 59.7 Å². The first-order chi connectivity index (χ1) is 4.43. The average molecular weight is 142 g/mol. The molecule has 0 saturated heterocycles. The number of nitrogens with one attached hydrogen (secondary N) is 1. The van der Waals surface area contributed by atoms with Crippen LogP contribution in [0.1, 0.15) is 13.3 Å². The van der Waals surface area contributed by atoms with Crippen molar-refractivity contribution in [1.29, 1.82) is 0 Å². The summed E-state index contributed by atoms with van der Waals surface area (Å²) in [4.78, 5) is 0. The van der Waals surface area contributed by atoms with Gasteiger partial charge in [0.15, 0.2) is 0 Å². The Morgan fingerprint density at radius 1 is 1.89 bits per heavy atom. The molecule has 0 bridgehead atoms. The Morgan fingerprint density at radius 3 is 3.56 bits per heavy atom. The van der Waals surface area contributed by atoms with Crippen molar-refractivity contribution in [2.24, 2.45) is 4.40 Å². The summed E-state index contributed by atoms with van der Waals surface area (Å²) < 4.78 is 7.23. The number of nitrogens with zero attached hydrogens (tertiary/aromatic N) is 1. The summed E-state index contributed by atoms with van der Waals surface area (Å²) in [5.41, 5.74) is 1.16. The van der Waals surface area contributed by atoms with Crippen molar-refractivity contribution in [3.8, 4) is 0 Å². The Hall–Kier alpha value is -0.280. The Morgan fingerprint density at radius 2 is 2.78 bits per heavy atom. The van der Waals surface area contributed by atoms with E-state index in [0.717, 1.165) is 18.7 Å². The molecule has 1 rings (SSSR count). The van der Waals surface area contributed by atoms with Gasteiger partial charge in [0.2, 0.25) is 0 Å². The summed E-state index contributed by atoms with van der Waals surface area (Å²) in [6.45, 7) is 3.02. The molecular formula is C6H10N2S. The number of hydrogen-bond donors (Lipinski definition) is 1. The maximum absolute atomic E-state index is 4.18. The van der Waals surface area contributed by atoms with E-state index in [-0.39, 0.29) is 0 Å². The molecule has 1 aliphatic heterocycles. The highest BCUT2D eigenvalue weighted by Crippen LogP contribution is 2.02. The predicted octanol–water partition coefficient (Wildman–Crippen LogP) is 1.56. The fraction of sp³-hybridized carbons (Fsp3) is 0.500. The van der Waals surface area contributed by atoms with Crippen LogP contribution in [-0.4, -0.2) is 12.3 Å². The third kappa shape index (κ3) is 2.20. The van der Waals surface area contributed by atoms with E-state index < -0.39 is 0 Å². The molecule has 0 radical (unpaired) electrons. The summed E-state index contributed by atoms with van der Waals surface area (Å²) in [7, 11) is 0. The first kappa shape index (κ1) is 6.83. The molecular weight excluding hydrogens is 132 g/mol. The molecule has 0 fully saturated rings. The zero-order valence-corrected chi connectivity index (χ0v) is 6.24. The van der Waals surface area contributed by atoms with Gasteiger partial charge in [-0.25, -0.2) is 9.12 Å². The van der Waals surface area contributed by atoms with Crippen molar-refractivity contribution in [2.75, 3.05) is 6.54 Å². The van der Waals surface area contributed by atoms with Crippen LogP contribution >= 0.6 is 12.1 Å². The van der Waals surface area contributed by atoms with Crippen LogP contribution in [-0.2, 0) is 0 Å². The van der Waals surface area contributed by atoms with Crippen LogP contribution in [0.4, 0.5) is 0 Å². The Kier molecular flexibility index (Phi) is 2.80. The molecule has 1 heterocycles. The van der Waals surface area contributed by atoms with Gasteiger partial charge in [-0.1, -0.05) is 13.0 Å². The quantitative estimate of drug-likeness (QED) is 0.562. The molecule has 0 aromatic rings. The highest BCUT2D eigenvalue weighted by Gasteiger charge is 1.92. The van der Waals surface area contributed by atoms with Crippen LogP contribution in [0, 0.1) is 0 Å². The van der Waals surface area contributed by atoms with E-state index in [1.807, 2.05) is 0 Å². The van der Waals surface area contributed by atoms with Gasteiger partial charge in [-0.05, 0) is 12.5 Å². The van der Waals surface area contributed by atoms with Crippen molar-refractivity contribution in [2.45, 2.75) is 13.3 Å². The topological polar surface area (TPSA) is 24.4 Å². The van der Waals surface area contributed by atoms with Gasteiger partial charge in [-0.2, -0.15) is 0 Å².